The van der Waals surface area contributed by atoms with Gasteiger partial charge in [0.25, 0.3) is 0 Å². The van der Waals surface area contributed by atoms with Crippen LogP contribution in [0.3, 0.4) is 0 Å². The molecule has 1 aliphatic carbocycles. The molecular formula is C35H42N4O4. The summed E-state index contributed by atoms with van der Waals surface area (Å²) < 4.78 is 11.2. The lowest BCUT2D eigenvalue weighted by Crippen LogP contribution is -2.44. The summed E-state index contributed by atoms with van der Waals surface area (Å²) in [4.78, 5) is 26.4. The van der Waals surface area contributed by atoms with Crippen molar-refractivity contribution in [2.45, 2.75) is 54.9 Å². The van der Waals surface area contributed by atoms with Gasteiger partial charge in [-0.2, -0.15) is 20.5 Å². The van der Waals surface area contributed by atoms with Gasteiger partial charge in [-0.1, -0.05) is 59.2 Å². The molecule has 0 radical (unpaired) electrons. The van der Waals surface area contributed by atoms with Crippen molar-refractivity contribution in [3.63, 3.8) is 0 Å². The van der Waals surface area contributed by atoms with Crippen molar-refractivity contribution in [3.05, 3.63) is 78.4 Å². The maximum Gasteiger partial charge on any atom is 0.315 e. The van der Waals surface area contributed by atoms with Crippen LogP contribution in [-0.4, -0.2) is 19.0 Å². The average Bonchev–Trinajstić information content (AvgIpc) is 3.65. The van der Waals surface area contributed by atoms with Crippen LogP contribution in [0.2, 0.25) is 0 Å². The number of esters is 2. The molecule has 1 saturated carbocycles. The fourth-order valence-corrected chi connectivity index (χ4v) is 6.38. The maximum atomic E-state index is 13.5. The van der Waals surface area contributed by atoms with Crippen molar-refractivity contribution < 1.29 is 19.1 Å². The van der Waals surface area contributed by atoms with Gasteiger partial charge in [0.1, 0.15) is 5.75 Å². The van der Waals surface area contributed by atoms with Crippen LogP contribution < -0.4 is 4.74 Å². The zero-order valence-electron chi connectivity index (χ0n) is 26.4. The molecule has 0 saturated heterocycles. The van der Waals surface area contributed by atoms with Gasteiger partial charge in [0, 0.05) is 0 Å². The van der Waals surface area contributed by atoms with Crippen molar-refractivity contribution >= 4 is 34.7 Å². The minimum atomic E-state index is -0.721. The molecule has 3 aromatic rings. The Bertz CT molecular complexity index is 1500. The number of azo groups is 2. The van der Waals surface area contributed by atoms with Crippen LogP contribution in [0.1, 0.15) is 53.5 Å². The smallest absolute Gasteiger partial charge is 0.315 e. The van der Waals surface area contributed by atoms with Gasteiger partial charge in [0.2, 0.25) is 0 Å². The van der Waals surface area contributed by atoms with E-state index in [1.807, 2.05) is 88.4 Å². The van der Waals surface area contributed by atoms with Gasteiger partial charge in [-0.25, -0.2) is 0 Å². The van der Waals surface area contributed by atoms with E-state index in [1.54, 1.807) is 12.1 Å². The number of carbonyl (C=O) groups excluding carboxylic acids is 2. The molecule has 8 nitrogen and oxygen atoms in total. The summed E-state index contributed by atoms with van der Waals surface area (Å²) >= 11 is 0. The van der Waals surface area contributed by atoms with Gasteiger partial charge in [-0.3, -0.25) is 9.59 Å². The van der Waals surface area contributed by atoms with Crippen molar-refractivity contribution in [2.75, 3.05) is 7.11 Å². The van der Waals surface area contributed by atoms with Gasteiger partial charge in [0.05, 0.1) is 41.2 Å². The van der Waals surface area contributed by atoms with Gasteiger partial charge in [-0.05, 0) is 97.2 Å². The first-order valence-corrected chi connectivity index (χ1v) is 14.9. The SMILES string of the molecule is CCC1C(C(=O)Oc2ccc(/N=N/c3ccc(/N=N/c4ccccc4)cc3)cc2C)C1(C)C(C)C(C)(C(=O)OC)C(C)C. The quantitative estimate of drug-likeness (QED) is 0.127. The highest BCUT2D eigenvalue weighted by Crippen LogP contribution is 2.69. The molecule has 43 heavy (non-hydrogen) atoms. The summed E-state index contributed by atoms with van der Waals surface area (Å²) in [6.45, 7) is 14.2. The van der Waals surface area contributed by atoms with Gasteiger partial charge in [0.15, 0.2) is 0 Å². The number of aryl methyl sites for hydroxylation is 1. The van der Waals surface area contributed by atoms with Crippen molar-refractivity contribution in [3.8, 4) is 5.75 Å². The summed E-state index contributed by atoms with van der Waals surface area (Å²) in [5.74, 6) is -0.224. The highest BCUT2D eigenvalue weighted by molar-refractivity contribution is 5.82. The van der Waals surface area contributed by atoms with Crippen molar-refractivity contribution in [1.82, 2.24) is 0 Å². The molecule has 0 aromatic heterocycles. The first-order chi connectivity index (χ1) is 20.5. The third-order valence-electron chi connectivity index (χ3n) is 9.65. The largest absolute Gasteiger partial charge is 0.469 e. The number of methoxy groups -OCH3 is 1. The molecule has 5 atom stereocenters. The zero-order valence-corrected chi connectivity index (χ0v) is 26.4. The van der Waals surface area contributed by atoms with E-state index in [1.165, 1.54) is 7.11 Å². The van der Waals surface area contributed by atoms with Crippen LogP contribution in [0.4, 0.5) is 22.7 Å². The summed E-state index contributed by atoms with van der Waals surface area (Å²) in [6, 6.07) is 22.2. The maximum absolute atomic E-state index is 13.5. The van der Waals surface area contributed by atoms with E-state index in [9.17, 15) is 9.59 Å². The topological polar surface area (TPSA) is 102 Å². The van der Waals surface area contributed by atoms with E-state index in [4.69, 9.17) is 9.47 Å². The number of hydrogen-bond donors (Lipinski definition) is 0. The minimum Gasteiger partial charge on any atom is -0.469 e. The van der Waals surface area contributed by atoms with E-state index in [-0.39, 0.29) is 41.0 Å². The molecule has 0 aliphatic heterocycles. The zero-order chi connectivity index (χ0) is 31.4. The van der Waals surface area contributed by atoms with Gasteiger partial charge in [-0.15, -0.1) is 0 Å². The number of ether oxygens (including phenoxy) is 2. The van der Waals surface area contributed by atoms with Crippen LogP contribution in [0.25, 0.3) is 0 Å². The van der Waals surface area contributed by atoms with Crippen LogP contribution in [-0.2, 0) is 14.3 Å². The second-order valence-electron chi connectivity index (χ2n) is 12.1. The molecule has 1 fully saturated rings. The molecule has 1 aliphatic rings. The summed E-state index contributed by atoms with van der Waals surface area (Å²) in [6.07, 6.45) is 0.825. The second-order valence-corrected chi connectivity index (χ2v) is 12.1. The second kappa shape index (κ2) is 13.0. The third kappa shape index (κ3) is 6.43. The fourth-order valence-electron chi connectivity index (χ4n) is 6.38. The highest BCUT2D eigenvalue weighted by Gasteiger charge is 2.70. The Kier molecular flexibility index (Phi) is 9.58. The summed E-state index contributed by atoms with van der Waals surface area (Å²) in [5.41, 5.74) is 2.52. The van der Waals surface area contributed by atoms with Crippen molar-refractivity contribution in [2.24, 2.45) is 55.0 Å². The molecule has 5 unspecified atom stereocenters. The fraction of sp³-hybridized carbons (Fsp3) is 0.429. The number of benzene rings is 3. The molecular weight excluding hydrogens is 540 g/mol. The lowest BCUT2D eigenvalue weighted by atomic mass is 9.63. The molecule has 0 bridgehead atoms. The molecule has 0 amide bonds. The standard InChI is InChI=1S/C35H42N4O4/c1-9-29-31(35(29,7)24(5)34(6,22(2)3)33(41)42-8)32(40)43-30-20-19-28(21-23(30)4)39-38-27-17-15-26(16-18-27)37-36-25-13-11-10-12-14-25/h10-22,24,29,31H,9H2,1-8H3/b37-36+,39-38+. The van der Waals surface area contributed by atoms with Crippen LogP contribution >= 0.6 is 0 Å². The Morgan fingerprint density at radius 2 is 1.37 bits per heavy atom. The predicted molar refractivity (Wildman–Crippen MR) is 168 cm³/mol. The van der Waals surface area contributed by atoms with Crippen LogP contribution in [0.15, 0.2) is 93.3 Å². The number of nitrogens with zero attached hydrogens (tertiary/aromatic N) is 4. The Morgan fingerprint density at radius 3 is 1.86 bits per heavy atom. The molecule has 226 valence electrons. The first-order valence-electron chi connectivity index (χ1n) is 14.9. The molecule has 0 spiro atoms. The molecule has 4 rings (SSSR count). The van der Waals surface area contributed by atoms with Gasteiger partial charge >= 0.3 is 11.9 Å². The van der Waals surface area contributed by atoms with Gasteiger partial charge < -0.3 is 9.47 Å². The molecule has 0 heterocycles. The average molecular weight is 583 g/mol. The normalized spacial score (nSPS) is 22.0. The molecule has 8 heteroatoms. The Labute approximate surface area is 254 Å². The van der Waals surface area contributed by atoms with E-state index in [2.05, 4.69) is 41.2 Å². The van der Waals surface area contributed by atoms with E-state index >= 15 is 0 Å². The van der Waals surface area contributed by atoms with E-state index in [0.29, 0.717) is 17.1 Å². The monoisotopic (exact) mass is 582 g/mol. The molecule has 3 aromatic carbocycles. The predicted octanol–water partition coefficient (Wildman–Crippen LogP) is 9.86. The number of rotatable bonds is 11. The number of hydrogen-bond acceptors (Lipinski definition) is 8. The lowest BCUT2D eigenvalue weighted by molar-refractivity contribution is -0.161. The Morgan fingerprint density at radius 1 is 0.860 bits per heavy atom. The number of carbonyl (C=O) groups is 2. The molecule has 0 N–H and O–H groups in total. The first kappa shape index (κ1) is 31.7. The summed E-state index contributed by atoms with van der Waals surface area (Å²) in [5, 5.41) is 17.2. The van der Waals surface area contributed by atoms with E-state index in [0.717, 1.165) is 23.4 Å². The Balaban J connectivity index is 1.42. The van der Waals surface area contributed by atoms with Crippen LogP contribution in [0.5, 0.6) is 5.75 Å². The van der Waals surface area contributed by atoms with Crippen molar-refractivity contribution in [1.29, 1.82) is 0 Å². The Hall–Kier alpha value is -4.20. The van der Waals surface area contributed by atoms with Crippen LogP contribution in [0, 0.1) is 41.4 Å². The lowest BCUT2D eigenvalue weighted by Gasteiger charge is -2.40. The summed E-state index contributed by atoms with van der Waals surface area (Å²) in [7, 11) is 1.43. The third-order valence-corrected chi connectivity index (χ3v) is 9.65. The minimum absolute atomic E-state index is 0.0496. The van der Waals surface area contributed by atoms with E-state index < -0.39 is 5.41 Å². The highest BCUT2D eigenvalue weighted by atomic mass is 16.5.